The Kier molecular flexibility index (Phi) is 2.35. The van der Waals surface area contributed by atoms with E-state index in [0.717, 1.165) is 18.4 Å². The molecule has 1 N–H and O–H groups in total. The van der Waals surface area contributed by atoms with Crippen molar-refractivity contribution in [3.05, 3.63) is 0 Å². The third kappa shape index (κ3) is 1.63. The molecule has 3 nitrogen and oxygen atoms in total. The van der Waals surface area contributed by atoms with Gasteiger partial charge >= 0.3 is 0 Å². The van der Waals surface area contributed by atoms with Crippen LogP contribution in [0.3, 0.4) is 0 Å². The average Bonchev–Trinajstić information content (AvgIpc) is 2.43. The number of nitrogens with one attached hydrogen (secondary N) is 1. The van der Waals surface area contributed by atoms with Gasteiger partial charge in [-0.25, -0.2) is 0 Å². The van der Waals surface area contributed by atoms with Crippen molar-refractivity contribution in [1.82, 2.24) is 10.4 Å². The number of hydrogen-bond acceptors (Lipinski definition) is 3. The molecule has 0 spiro atoms. The van der Waals surface area contributed by atoms with Crippen LogP contribution < -0.4 is 5.48 Å². The van der Waals surface area contributed by atoms with Gasteiger partial charge in [0, 0.05) is 25.6 Å². The third-order valence-electron chi connectivity index (χ3n) is 2.67. The number of hydrogen-bond donors (Lipinski definition) is 1. The van der Waals surface area contributed by atoms with Crippen molar-refractivity contribution >= 4 is 0 Å². The van der Waals surface area contributed by atoms with Crippen LogP contribution in [-0.2, 0) is 4.84 Å². The average molecular weight is 170 g/mol. The van der Waals surface area contributed by atoms with E-state index in [0.29, 0.717) is 6.04 Å². The van der Waals surface area contributed by atoms with E-state index in [2.05, 4.69) is 24.2 Å². The summed E-state index contributed by atoms with van der Waals surface area (Å²) in [7, 11) is 0. The van der Waals surface area contributed by atoms with Crippen LogP contribution in [-0.4, -0.2) is 37.2 Å². The number of nitrogens with zero attached hydrogens (tertiary/aromatic N) is 1. The van der Waals surface area contributed by atoms with Crippen LogP contribution >= 0.6 is 0 Å². The molecule has 70 valence electrons. The lowest BCUT2D eigenvalue weighted by Crippen LogP contribution is -2.31. The van der Waals surface area contributed by atoms with Crippen molar-refractivity contribution in [2.24, 2.45) is 11.8 Å². The Hall–Kier alpha value is -0.120. The number of hydroxylamine groups is 1. The summed E-state index contributed by atoms with van der Waals surface area (Å²) >= 11 is 0. The van der Waals surface area contributed by atoms with Crippen LogP contribution in [0.4, 0.5) is 0 Å². The summed E-state index contributed by atoms with van der Waals surface area (Å²) in [5.41, 5.74) is 3.08. The first-order valence-electron chi connectivity index (χ1n) is 4.85. The van der Waals surface area contributed by atoms with Gasteiger partial charge in [-0.2, -0.15) is 5.48 Å². The summed E-state index contributed by atoms with van der Waals surface area (Å²) in [6, 6.07) is 0.601. The zero-order chi connectivity index (χ0) is 8.55. The molecule has 0 amide bonds. The van der Waals surface area contributed by atoms with E-state index in [1.807, 2.05) is 0 Å². The molecule has 0 aromatic carbocycles. The zero-order valence-electron chi connectivity index (χ0n) is 7.92. The molecule has 2 aliphatic rings. The first-order valence-corrected chi connectivity index (χ1v) is 4.85. The molecular weight excluding hydrogens is 152 g/mol. The van der Waals surface area contributed by atoms with Gasteiger partial charge in [-0.3, -0.25) is 0 Å². The van der Waals surface area contributed by atoms with Crippen molar-refractivity contribution in [2.75, 3.05) is 26.2 Å². The van der Waals surface area contributed by atoms with Crippen LogP contribution in [0, 0.1) is 11.8 Å². The minimum atomic E-state index is 0.601. The standard InChI is InChI=1S/C9H18N2O/c1-7(2)3-11-4-8-6-12-10-9(8)5-11/h7-10H,3-6H2,1-2H3/t8-,9-/m1/s1. The monoisotopic (exact) mass is 170 g/mol. The highest BCUT2D eigenvalue weighted by molar-refractivity contribution is 4.90. The number of fused-ring (bicyclic) bond motifs is 1. The van der Waals surface area contributed by atoms with Gasteiger partial charge in [0.2, 0.25) is 0 Å². The topological polar surface area (TPSA) is 24.5 Å². The van der Waals surface area contributed by atoms with Crippen LogP contribution in [0.1, 0.15) is 13.8 Å². The Labute approximate surface area is 74.0 Å². The summed E-state index contributed by atoms with van der Waals surface area (Å²) in [6.45, 7) is 9.07. The maximum Gasteiger partial charge on any atom is 0.0739 e. The van der Waals surface area contributed by atoms with E-state index in [4.69, 9.17) is 4.84 Å². The largest absolute Gasteiger partial charge is 0.301 e. The Bertz CT molecular complexity index is 149. The Morgan fingerprint density at radius 3 is 3.00 bits per heavy atom. The van der Waals surface area contributed by atoms with Gasteiger partial charge in [-0.05, 0) is 5.92 Å². The minimum Gasteiger partial charge on any atom is -0.301 e. The van der Waals surface area contributed by atoms with Crippen LogP contribution in [0.15, 0.2) is 0 Å². The molecule has 0 aliphatic carbocycles. The second kappa shape index (κ2) is 3.32. The molecule has 0 aromatic rings. The molecule has 12 heavy (non-hydrogen) atoms. The molecule has 2 aliphatic heterocycles. The maximum absolute atomic E-state index is 5.19. The van der Waals surface area contributed by atoms with E-state index in [-0.39, 0.29) is 0 Å². The highest BCUT2D eigenvalue weighted by Gasteiger charge is 2.36. The molecule has 2 saturated heterocycles. The van der Waals surface area contributed by atoms with Gasteiger partial charge in [0.15, 0.2) is 0 Å². The summed E-state index contributed by atoms with van der Waals surface area (Å²) in [6.07, 6.45) is 0. The smallest absolute Gasteiger partial charge is 0.0739 e. The van der Waals surface area contributed by atoms with Crippen molar-refractivity contribution in [3.63, 3.8) is 0 Å². The highest BCUT2D eigenvalue weighted by Crippen LogP contribution is 2.22. The Morgan fingerprint density at radius 1 is 1.50 bits per heavy atom. The fourth-order valence-electron chi connectivity index (χ4n) is 2.19. The predicted molar refractivity (Wildman–Crippen MR) is 47.6 cm³/mol. The van der Waals surface area contributed by atoms with Gasteiger partial charge in [0.05, 0.1) is 12.6 Å². The lowest BCUT2D eigenvalue weighted by molar-refractivity contribution is 0.0705. The molecule has 3 heteroatoms. The van der Waals surface area contributed by atoms with E-state index < -0.39 is 0 Å². The van der Waals surface area contributed by atoms with Crippen LogP contribution in [0.25, 0.3) is 0 Å². The second-order valence-corrected chi connectivity index (χ2v) is 4.41. The molecule has 0 saturated carbocycles. The van der Waals surface area contributed by atoms with E-state index >= 15 is 0 Å². The van der Waals surface area contributed by atoms with Gasteiger partial charge in [0.25, 0.3) is 0 Å². The van der Waals surface area contributed by atoms with Gasteiger partial charge in [-0.15, -0.1) is 0 Å². The fraction of sp³-hybridized carbons (Fsp3) is 1.00. The highest BCUT2D eigenvalue weighted by atomic mass is 16.7. The Morgan fingerprint density at radius 2 is 2.33 bits per heavy atom. The molecule has 2 rings (SSSR count). The first-order chi connectivity index (χ1) is 5.75. The molecular formula is C9H18N2O. The quantitative estimate of drug-likeness (QED) is 0.652. The first kappa shape index (κ1) is 8.48. The molecule has 0 bridgehead atoms. The van der Waals surface area contributed by atoms with Crippen LogP contribution in [0.2, 0.25) is 0 Å². The van der Waals surface area contributed by atoms with E-state index in [1.165, 1.54) is 19.6 Å². The maximum atomic E-state index is 5.19. The van der Waals surface area contributed by atoms with Crippen molar-refractivity contribution < 1.29 is 4.84 Å². The number of rotatable bonds is 2. The summed E-state index contributed by atoms with van der Waals surface area (Å²) in [5.74, 6) is 1.52. The summed E-state index contributed by atoms with van der Waals surface area (Å²) in [4.78, 5) is 7.73. The van der Waals surface area contributed by atoms with Gasteiger partial charge in [0.1, 0.15) is 0 Å². The van der Waals surface area contributed by atoms with Gasteiger partial charge < -0.3 is 9.74 Å². The van der Waals surface area contributed by atoms with Crippen molar-refractivity contribution in [1.29, 1.82) is 0 Å². The molecule has 0 unspecified atom stereocenters. The molecule has 0 aromatic heterocycles. The lowest BCUT2D eigenvalue weighted by Gasteiger charge is -2.18. The van der Waals surface area contributed by atoms with Crippen molar-refractivity contribution in [2.45, 2.75) is 19.9 Å². The predicted octanol–water partition coefficient (Wildman–Crippen LogP) is 0.478. The summed E-state index contributed by atoms with van der Waals surface area (Å²) in [5, 5.41) is 0. The Balaban J connectivity index is 1.82. The van der Waals surface area contributed by atoms with E-state index in [1.54, 1.807) is 0 Å². The third-order valence-corrected chi connectivity index (χ3v) is 2.67. The van der Waals surface area contributed by atoms with Crippen LogP contribution in [0.5, 0.6) is 0 Å². The fourth-order valence-corrected chi connectivity index (χ4v) is 2.19. The SMILES string of the molecule is CC(C)CN1C[C@@H]2CON[C@@H]2C1. The minimum absolute atomic E-state index is 0.601. The van der Waals surface area contributed by atoms with E-state index in [9.17, 15) is 0 Å². The molecule has 0 radical (unpaired) electrons. The van der Waals surface area contributed by atoms with Gasteiger partial charge in [-0.1, -0.05) is 13.8 Å². The van der Waals surface area contributed by atoms with Crippen molar-refractivity contribution in [3.8, 4) is 0 Å². The molecule has 2 fully saturated rings. The molecule has 2 atom stereocenters. The normalized spacial score (nSPS) is 36.2. The number of likely N-dealkylation sites (tertiary alicyclic amines) is 1. The lowest BCUT2D eigenvalue weighted by atomic mass is 10.1. The zero-order valence-corrected chi connectivity index (χ0v) is 7.92. The summed E-state index contributed by atoms with van der Waals surface area (Å²) < 4.78 is 0. The molecule has 2 heterocycles. The second-order valence-electron chi connectivity index (χ2n) is 4.41.